The Balaban J connectivity index is 1.88. The van der Waals surface area contributed by atoms with Crippen molar-refractivity contribution < 1.29 is 19.0 Å². The number of primary amides is 1. The fraction of sp³-hybridized carbons (Fsp3) is 0.143. The summed E-state index contributed by atoms with van der Waals surface area (Å²) in [5.41, 5.74) is 5.71. The molecule has 0 aliphatic rings. The fourth-order valence-electron chi connectivity index (χ4n) is 3.23. The monoisotopic (exact) mass is 462 g/mol. The van der Waals surface area contributed by atoms with Crippen LogP contribution in [-0.2, 0) is 9.36 Å². The first-order valence-corrected chi connectivity index (χ1v) is 12.4. The van der Waals surface area contributed by atoms with Crippen LogP contribution in [0.3, 0.4) is 0 Å². The predicted octanol–water partition coefficient (Wildman–Crippen LogP) is 5.66. The highest BCUT2D eigenvalue weighted by molar-refractivity contribution is 7.58. The van der Waals surface area contributed by atoms with Crippen molar-refractivity contribution in [2.24, 2.45) is 5.73 Å². The van der Waals surface area contributed by atoms with Crippen LogP contribution in [0.4, 0.5) is 10.5 Å². The molecule has 2 amide bonds. The Labute approximate surface area is 182 Å². The van der Waals surface area contributed by atoms with Crippen LogP contribution < -0.4 is 11.1 Å². The van der Waals surface area contributed by atoms with Crippen molar-refractivity contribution in [2.45, 2.75) is 12.1 Å². The maximum absolute atomic E-state index is 13.0. The first-order chi connectivity index (χ1) is 14.2. The quantitative estimate of drug-likeness (QED) is 0.393. The summed E-state index contributed by atoms with van der Waals surface area (Å²) < 4.78 is 13.5. The van der Waals surface area contributed by atoms with Gasteiger partial charge in [-0.2, -0.15) is 0 Å². The van der Waals surface area contributed by atoms with E-state index in [0.29, 0.717) is 27.2 Å². The van der Waals surface area contributed by atoms with Gasteiger partial charge in [-0.3, -0.25) is 9.36 Å². The molecule has 0 fully saturated rings. The minimum absolute atomic E-state index is 0.0497. The maximum atomic E-state index is 13.0. The number of benzene rings is 2. The number of carbonyl (C=O) groups excluding carboxylic acids is 2. The Hall–Kier alpha value is -2.44. The van der Waals surface area contributed by atoms with Gasteiger partial charge in [0.2, 0.25) is 7.37 Å². The van der Waals surface area contributed by atoms with E-state index in [-0.39, 0.29) is 12.2 Å². The van der Waals surface area contributed by atoms with Crippen LogP contribution >= 0.6 is 30.3 Å². The van der Waals surface area contributed by atoms with Gasteiger partial charge < -0.3 is 15.9 Å². The van der Waals surface area contributed by atoms with Gasteiger partial charge in [0.15, 0.2) is 5.78 Å². The minimum atomic E-state index is -3.77. The number of para-hydroxylation sites is 1. The number of thiophene rings is 1. The average Bonchev–Trinajstić information content (AvgIpc) is 3.04. The summed E-state index contributed by atoms with van der Waals surface area (Å²) in [4.78, 5) is 34.4. The standard InChI is InChI=1S/C21H20ClN2O4PS/c1-29(27,28)20(16-12-30-19-10-9-14(22)11-15(16)19)18(25)8-4-6-13-5-2-3-7-17(13)24-21(23)26/h2-7,9-12,20H,8H2,1H3,(H,27,28)(H3,23,24,26)/b6-4+. The molecule has 0 aliphatic heterocycles. The zero-order chi connectivity index (χ0) is 21.9. The number of nitrogens with two attached hydrogens (primary N) is 1. The number of hydrogen-bond donors (Lipinski definition) is 3. The summed E-state index contributed by atoms with van der Waals surface area (Å²) in [5.74, 6) is -0.375. The second-order valence-electron chi connectivity index (χ2n) is 6.83. The number of nitrogens with one attached hydrogen (secondary N) is 1. The molecule has 2 atom stereocenters. The molecule has 0 saturated carbocycles. The molecule has 2 aromatic carbocycles. The lowest BCUT2D eigenvalue weighted by atomic mass is 10.0. The number of amides is 2. The predicted molar refractivity (Wildman–Crippen MR) is 124 cm³/mol. The van der Waals surface area contributed by atoms with Gasteiger partial charge in [-0.25, -0.2) is 4.79 Å². The van der Waals surface area contributed by atoms with Crippen LogP contribution in [-0.4, -0.2) is 23.4 Å². The van der Waals surface area contributed by atoms with E-state index in [0.717, 1.165) is 4.70 Å². The molecule has 156 valence electrons. The summed E-state index contributed by atoms with van der Waals surface area (Å²) >= 11 is 7.49. The smallest absolute Gasteiger partial charge is 0.316 e. The van der Waals surface area contributed by atoms with Gasteiger partial charge in [-0.05, 0) is 46.2 Å². The zero-order valence-electron chi connectivity index (χ0n) is 16.0. The lowest BCUT2D eigenvalue weighted by molar-refractivity contribution is -0.118. The molecule has 30 heavy (non-hydrogen) atoms. The van der Waals surface area contributed by atoms with Crippen molar-refractivity contribution in [3.63, 3.8) is 0 Å². The molecule has 9 heteroatoms. The number of carbonyl (C=O) groups is 2. The Morgan fingerprint density at radius 2 is 2.03 bits per heavy atom. The van der Waals surface area contributed by atoms with Crippen molar-refractivity contribution in [3.8, 4) is 0 Å². The first-order valence-electron chi connectivity index (χ1n) is 8.98. The van der Waals surface area contributed by atoms with Crippen LogP contribution in [0.2, 0.25) is 5.02 Å². The highest BCUT2D eigenvalue weighted by Crippen LogP contribution is 2.55. The van der Waals surface area contributed by atoms with Gasteiger partial charge in [-0.1, -0.05) is 42.0 Å². The molecule has 2 unspecified atom stereocenters. The number of anilines is 1. The van der Waals surface area contributed by atoms with E-state index in [1.165, 1.54) is 18.0 Å². The Kier molecular flexibility index (Phi) is 6.78. The van der Waals surface area contributed by atoms with Crippen LogP contribution in [0, 0.1) is 0 Å². The molecule has 0 radical (unpaired) electrons. The van der Waals surface area contributed by atoms with Gasteiger partial charge in [0.05, 0.1) is 0 Å². The second kappa shape index (κ2) is 9.14. The SMILES string of the molecule is CP(=O)(O)C(C(=O)C/C=C/c1ccccc1NC(N)=O)c1csc2ccc(Cl)cc12. The molecule has 4 N–H and O–H groups in total. The number of rotatable bonds is 7. The highest BCUT2D eigenvalue weighted by Gasteiger charge is 2.35. The average molecular weight is 463 g/mol. The highest BCUT2D eigenvalue weighted by atomic mass is 35.5. The number of ketones is 1. The molecule has 3 aromatic rings. The zero-order valence-corrected chi connectivity index (χ0v) is 18.5. The second-order valence-corrected chi connectivity index (χ2v) is 10.6. The molecular formula is C21H20ClN2O4PS. The summed E-state index contributed by atoms with van der Waals surface area (Å²) in [7, 11) is -3.77. The Bertz CT molecular complexity index is 1180. The largest absolute Gasteiger partial charge is 0.351 e. The maximum Gasteiger partial charge on any atom is 0.316 e. The molecule has 6 nitrogen and oxygen atoms in total. The van der Waals surface area contributed by atoms with Crippen LogP contribution in [0.25, 0.3) is 16.2 Å². The third kappa shape index (κ3) is 5.18. The van der Waals surface area contributed by atoms with Crippen molar-refractivity contribution in [2.75, 3.05) is 12.0 Å². The van der Waals surface area contributed by atoms with Crippen molar-refractivity contribution in [1.29, 1.82) is 0 Å². The van der Waals surface area contributed by atoms with Crippen LogP contribution in [0.5, 0.6) is 0 Å². The Morgan fingerprint density at radius 3 is 2.73 bits per heavy atom. The van der Waals surface area contributed by atoms with Gasteiger partial charge >= 0.3 is 6.03 Å². The lowest BCUT2D eigenvalue weighted by Crippen LogP contribution is -2.19. The molecule has 0 saturated heterocycles. The third-order valence-electron chi connectivity index (χ3n) is 4.48. The van der Waals surface area contributed by atoms with E-state index in [2.05, 4.69) is 5.32 Å². The van der Waals surface area contributed by atoms with E-state index in [1.54, 1.807) is 53.9 Å². The van der Waals surface area contributed by atoms with E-state index >= 15 is 0 Å². The van der Waals surface area contributed by atoms with E-state index in [4.69, 9.17) is 17.3 Å². The van der Waals surface area contributed by atoms with E-state index < -0.39 is 19.1 Å². The first kappa shape index (κ1) is 22.2. The lowest BCUT2D eigenvalue weighted by Gasteiger charge is -2.18. The number of urea groups is 1. The molecule has 3 rings (SSSR count). The minimum Gasteiger partial charge on any atom is -0.351 e. The van der Waals surface area contributed by atoms with E-state index in [1.807, 2.05) is 6.07 Å². The van der Waals surface area contributed by atoms with Crippen molar-refractivity contribution in [3.05, 3.63) is 70.1 Å². The van der Waals surface area contributed by atoms with Crippen molar-refractivity contribution in [1.82, 2.24) is 0 Å². The summed E-state index contributed by atoms with van der Waals surface area (Å²) in [5, 5.41) is 5.46. The molecular weight excluding hydrogens is 443 g/mol. The number of hydrogen-bond acceptors (Lipinski definition) is 4. The molecule has 0 spiro atoms. The number of fused-ring (bicyclic) bond motifs is 1. The topological polar surface area (TPSA) is 109 Å². The number of halogens is 1. The van der Waals surface area contributed by atoms with Crippen molar-refractivity contribution >= 4 is 64.0 Å². The molecule has 1 heterocycles. The summed E-state index contributed by atoms with van der Waals surface area (Å²) in [6.07, 6.45) is 3.22. The number of allylic oxidation sites excluding steroid dienone is 1. The van der Waals surface area contributed by atoms with E-state index in [9.17, 15) is 19.0 Å². The molecule has 0 aliphatic carbocycles. The number of Topliss-reactive ketones (excluding diaryl/α,β-unsaturated/α-hetero) is 1. The van der Waals surface area contributed by atoms with Gasteiger partial charge in [-0.15, -0.1) is 11.3 Å². The van der Waals surface area contributed by atoms with Crippen LogP contribution in [0.15, 0.2) is 53.9 Å². The summed E-state index contributed by atoms with van der Waals surface area (Å²) in [6, 6.07) is 11.6. The van der Waals surface area contributed by atoms with Gasteiger partial charge in [0.1, 0.15) is 5.66 Å². The Morgan fingerprint density at radius 1 is 1.30 bits per heavy atom. The molecule has 0 bridgehead atoms. The third-order valence-corrected chi connectivity index (χ3v) is 7.22. The summed E-state index contributed by atoms with van der Waals surface area (Å²) in [6.45, 7) is 1.19. The van der Waals surface area contributed by atoms with Crippen LogP contribution in [0.1, 0.15) is 23.2 Å². The fourth-order valence-corrected chi connectivity index (χ4v) is 5.84. The molecule has 1 aromatic heterocycles. The normalized spacial score (nSPS) is 14.5. The van der Waals surface area contributed by atoms with Gasteiger partial charge in [0, 0.05) is 28.5 Å². The van der Waals surface area contributed by atoms with Gasteiger partial charge in [0.25, 0.3) is 0 Å².